The number of benzene rings is 2. The summed E-state index contributed by atoms with van der Waals surface area (Å²) < 4.78 is 0. The SMILES string of the molecule is Cc1ccc(CC(=O)N[C@@H](C)c2ccc3c(c2)CCCC3)cc1. The lowest BCUT2D eigenvalue weighted by molar-refractivity contribution is -0.121. The maximum Gasteiger partial charge on any atom is 0.224 e. The summed E-state index contributed by atoms with van der Waals surface area (Å²) in [4.78, 5) is 12.3. The molecule has 0 heterocycles. The zero-order valence-corrected chi connectivity index (χ0v) is 14.1. The van der Waals surface area contributed by atoms with Gasteiger partial charge in [0.2, 0.25) is 5.91 Å². The molecule has 120 valence electrons. The minimum atomic E-state index is 0.0557. The van der Waals surface area contributed by atoms with E-state index in [0.717, 1.165) is 5.56 Å². The van der Waals surface area contributed by atoms with E-state index in [-0.39, 0.29) is 11.9 Å². The first-order valence-electron chi connectivity index (χ1n) is 8.58. The Morgan fingerprint density at radius 1 is 1.04 bits per heavy atom. The first kappa shape index (κ1) is 15.8. The summed E-state index contributed by atoms with van der Waals surface area (Å²) in [6, 6.07) is 14.9. The van der Waals surface area contributed by atoms with Gasteiger partial charge in [0.1, 0.15) is 0 Å². The minimum absolute atomic E-state index is 0.0557. The van der Waals surface area contributed by atoms with Crippen LogP contribution in [0.3, 0.4) is 0 Å². The van der Waals surface area contributed by atoms with Gasteiger partial charge in [0, 0.05) is 0 Å². The molecule has 2 nitrogen and oxygen atoms in total. The van der Waals surface area contributed by atoms with Crippen molar-refractivity contribution in [3.8, 4) is 0 Å². The molecule has 0 saturated carbocycles. The molecular weight excluding hydrogens is 282 g/mol. The van der Waals surface area contributed by atoms with Gasteiger partial charge in [-0.3, -0.25) is 4.79 Å². The number of nitrogens with one attached hydrogen (secondary N) is 1. The molecule has 1 N–H and O–H groups in total. The van der Waals surface area contributed by atoms with Gasteiger partial charge in [0.15, 0.2) is 0 Å². The van der Waals surface area contributed by atoms with E-state index in [1.54, 1.807) is 0 Å². The molecule has 0 saturated heterocycles. The summed E-state index contributed by atoms with van der Waals surface area (Å²) in [6.07, 6.45) is 5.40. The summed E-state index contributed by atoms with van der Waals surface area (Å²) in [5, 5.41) is 3.13. The van der Waals surface area contributed by atoms with Crippen LogP contribution in [-0.2, 0) is 24.1 Å². The Bertz CT molecular complexity index is 687. The standard InChI is InChI=1S/C21H25NO/c1-15-7-9-17(10-8-15)13-21(23)22-16(2)19-12-11-18-5-3-4-6-20(18)14-19/h7-12,14,16H,3-6,13H2,1-2H3,(H,22,23)/t16-/m0/s1. The van der Waals surface area contributed by atoms with Gasteiger partial charge >= 0.3 is 0 Å². The Morgan fingerprint density at radius 2 is 1.74 bits per heavy atom. The molecule has 1 amide bonds. The van der Waals surface area contributed by atoms with E-state index in [1.165, 1.54) is 47.9 Å². The van der Waals surface area contributed by atoms with Crippen molar-refractivity contribution in [2.75, 3.05) is 0 Å². The third-order valence-electron chi connectivity index (χ3n) is 4.74. The molecule has 23 heavy (non-hydrogen) atoms. The second-order valence-electron chi connectivity index (χ2n) is 6.69. The van der Waals surface area contributed by atoms with Crippen molar-refractivity contribution >= 4 is 5.91 Å². The summed E-state index contributed by atoms with van der Waals surface area (Å²) >= 11 is 0. The van der Waals surface area contributed by atoms with E-state index in [9.17, 15) is 4.79 Å². The van der Waals surface area contributed by atoms with Crippen LogP contribution in [0.2, 0.25) is 0 Å². The normalized spacial score (nSPS) is 14.9. The number of rotatable bonds is 4. The Labute approximate surface area is 138 Å². The summed E-state index contributed by atoms with van der Waals surface area (Å²) in [5.41, 5.74) is 6.44. The zero-order chi connectivity index (χ0) is 16.2. The van der Waals surface area contributed by atoms with Crippen LogP contribution in [0.1, 0.15) is 53.6 Å². The van der Waals surface area contributed by atoms with Gasteiger partial charge in [-0.25, -0.2) is 0 Å². The molecule has 0 spiro atoms. The summed E-state index contributed by atoms with van der Waals surface area (Å²) in [6.45, 7) is 4.12. The van der Waals surface area contributed by atoms with E-state index in [4.69, 9.17) is 0 Å². The molecule has 3 rings (SSSR count). The lowest BCUT2D eigenvalue weighted by Gasteiger charge is -2.20. The van der Waals surface area contributed by atoms with E-state index in [1.807, 2.05) is 12.1 Å². The fraction of sp³-hybridized carbons (Fsp3) is 0.381. The van der Waals surface area contributed by atoms with E-state index in [0.29, 0.717) is 6.42 Å². The van der Waals surface area contributed by atoms with Crippen molar-refractivity contribution in [1.82, 2.24) is 5.32 Å². The lowest BCUT2D eigenvalue weighted by Crippen LogP contribution is -2.28. The number of carbonyl (C=O) groups is 1. The molecule has 2 aromatic rings. The summed E-state index contributed by atoms with van der Waals surface area (Å²) in [5.74, 6) is 0.0825. The second-order valence-corrected chi connectivity index (χ2v) is 6.69. The third kappa shape index (κ3) is 4.01. The average Bonchev–Trinajstić information content (AvgIpc) is 2.56. The van der Waals surface area contributed by atoms with Crippen LogP contribution in [0, 0.1) is 6.92 Å². The van der Waals surface area contributed by atoms with Gasteiger partial charge in [-0.15, -0.1) is 0 Å². The zero-order valence-electron chi connectivity index (χ0n) is 14.1. The molecule has 1 aliphatic carbocycles. The molecule has 1 aliphatic rings. The Kier molecular flexibility index (Phi) is 4.80. The quantitative estimate of drug-likeness (QED) is 0.897. The smallest absolute Gasteiger partial charge is 0.224 e. The third-order valence-corrected chi connectivity index (χ3v) is 4.74. The van der Waals surface area contributed by atoms with Crippen LogP contribution in [0.25, 0.3) is 0 Å². The highest BCUT2D eigenvalue weighted by Crippen LogP contribution is 2.24. The van der Waals surface area contributed by atoms with Crippen LogP contribution in [0.4, 0.5) is 0 Å². The Hall–Kier alpha value is -2.09. The molecule has 2 heteroatoms. The fourth-order valence-electron chi connectivity index (χ4n) is 3.29. The maximum atomic E-state index is 12.3. The van der Waals surface area contributed by atoms with Gasteiger partial charge in [-0.2, -0.15) is 0 Å². The van der Waals surface area contributed by atoms with Crippen LogP contribution >= 0.6 is 0 Å². The van der Waals surface area contributed by atoms with Crippen LogP contribution in [-0.4, -0.2) is 5.91 Å². The monoisotopic (exact) mass is 307 g/mol. The van der Waals surface area contributed by atoms with Crippen LogP contribution < -0.4 is 5.32 Å². The first-order chi connectivity index (χ1) is 11.1. The predicted octanol–water partition coefficient (Wildman–Crippen LogP) is 4.29. The Morgan fingerprint density at radius 3 is 2.48 bits per heavy atom. The number of hydrogen-bond acceptors (Lipinski definition) is 1. The molecule has 0 aromatic heterocycles. The molecule has 0 aliphatic heterocycles. The number of hydrogen-bond donors (Lipinski definition) is 1. The number of amides is 1. The lowest BCUT2D eigenvalue weighted by atomic mass is 9.89. The summed E-state index contributed by atoms with van der Waals surface area (Å²) in [7, 11) is 0. The molecule has 1 atom stereocenters. The van der Waals surface area contributed by atoms with Gasteiger partial charge < -0.3 is 5.32 Å². The van der Waals surface area contributed by atoms with Gasteiger partial charge in [-0.05, 0) is 61.8 Å². The van der Waals surface area contributed by atoms with Crippen molar-refractivity contribution in [2.45, 2.75) is 52.0 Å². The average molecular weight is 307 g/mol. The Balaban J connectivity index is 1.63. The highest BCUT2D eigenvalue weighted by molar-refractivity contribution is 5.79. The second kappa shape index (κ2) is 6.99. The topological polar surface area (TPSA) is 29.1 Å². The van der Waals surface area contributed by atoms with Crippen molar-refractivity contribution in [1.29, 1.82) is 0 Å². The molecule has 0 bridgehead atoms. The molecule has 2 aromatic carbocycles. The number of aryl methyl sites for hydroxylation is 3. The maximum absolute atomic E-state index is 12.3. The minimum Gasteiger partial charge on any atom is -0.349 e. The van der Waals surface area contributed by atoms with Crippen LogP contribution in [0.5, 0.6) is 0 Å². The van der Waals surface area contributed by atoms with Crippen molar-refractivity contribution in [3.63, 3.8) is 0 Å². The molecular formula is C21H25NO. The predicted molar refractivity (Wildman–Crippen MR) is 94.5 cm³/mol. The van der Waals surface area contributed by atoms with Gasteiger partial charge in [0.25, 0.3) is 0 Å². The number of carbonyl (C=O) groups excluding carboxylic acids is 1. The van der Waals surface area contributed by atoms with Crippen LogP contribution in [0.15, 0.2) is 42.5 Å². The highest BCUT2D eigenvalue weighted by atomic mass is 16.1. The highest BCUT2D eigenvalue weighted by Gasteiger charge is 2.14. The van der Waals surface area contributed by atoms with Gasteiger partial charge in [0.05, 0.1) is 12.5 Å². The molecule has 0 radical (unpaired) electrons. The van der Waals surface area contributed by atoms with E-state index >= 15 is 0 Å². The van der Waals surface area contributed by atoms with E-state index < -0.39 is 0 Å². The molecule has 0 fully saturated rings. The van der Waals surface area contributed by atoms with Crippen molar-refractivity contribution < 1.29 is 4.79 Å². The molecule has 0 unspecified atom stereocenters. The van der Waals surface area contributed by atoms with E-state index in [2.05, 4.69) is 49.5 Å². The first-order valence-corrected chi connectivity index (χ1v) is 8.58. The number of fused-ring (bicyclic) bond motifs is 1. The van der Waals surface area contributed by atoms with Gasteiger partial charge in [-0.1, -0.05) is 48.0 Å². The largest absolute Gasteiger partial charge is 0.349 e. The van der Waals surface area contributed by atoms with Crippen molar-refractivity contribution in [3.05, 3.63) is 70.3 Å². The van der Waals surface area contributed by atoms with Crippen molar-refractivity contribution in [2.24, 2.45) is 0 Å². The fourth-order valence-corrected chi connectivity index (χ4v) is 3.29.